The Bertz CT molecular complexity index is 2740. The summed E-state index contributed by atoms with van der Waals surface area (Å²) in [7, 11) is 0. The van der Waals surface area contributed by atoms with E-state index in [9.17, 15) is 26.3 Å². The fraction of sp³-hybridized carbons (Fsp3) is 0.200. The van der Waals surface area contributed by atoms with Crippen molar-refractivity contribution < 1.29 is 35.2 Å². The van der Waals surface area contributed by atoms with Crippen molar-refractivity contribution in [3.63, 3.8) is 0 Å². The number of aromatic nitrogens is 10. The molecule has 6 heterocycles. The third-order valence-electron chi connectivity index (χ3n) is 8.28. The van der Waals surface area contributed by atoms with E-state index in [0.29, 0.717) is 30.0 Å². The van der Waals surface area contributed by atoms with Gasteiger partial charge in [0.05, 0.1) is 48.0 Å². The summed E-state index contributed by atoms with van der Waals surface area (Å²) in [6.07, 6.45) is -2.81. The van der Waals surface area contributed by atoms with Crippen molar-refractivity contribution in [3.05, 3.63) is 149 Å². The smallest absolute Gasteiger partial charge is 0.416 e. The van der Waals surface area contributed by atoms with E-state index in [1.165, 1.54) is 53.7 Å². The molecule has 8 rings (SSSR count). The average Bonchev–Trinajstić information content (AvgIpc) is 4.06. The van der Waals surface area contributed by atoms with Gasteiger partial charge in [-0.15, -0.1) is 0 Å². The zero-order valence-electron chi connectivity index (χ0n) is 33.7. The highest BCUT2D eigenvalue weighted by atomic mass is 35.5. The van der Waals surface area contributed by atoms with Crippen LogP contribution in [-0.2, 0) is 25.4 Å². The van der Waals surface area contributed by atoms with Gasteiger partial charge in [0.25, 0.3) is 11.9 Å². The number of rotatable bonds is 10. The number of nitrogens with one attached hydrogen (secondary N) is 3. The quantitative estimate of drug-likeness (QED) is 0.0747. The maximum Gasteiger partial charge on any atom is 0.416 e. The molecule has 0 aliphatic rings. The highest BCUT2D eigenvalue weighted by Gasteiger charge is 2.31. The molecule has 5 N–H and O–H groups in total. The van der Waals surface area contributed by atoms with E-state index < -0.39 is 23.5 Å². The first-order valence-electron chi connectivity index (χ1n) is 18.5. The Hall–Kier alpha value is -7.33. The molecule has 0 amide bonds. The van der Waals surface area contributed by atoms with Gasteiger partial charge in [-0.3, -0.25) is 0 Å². The maximum atomic E-state index is 13.0. The molecule has 0 spiro atoms. The second-order valence-corrected chi connectivity index (χ2v) is 13.7. The van der Waals surface area contributed by atoms with Gasteiger partial charge in [0.1, 0.15) is 35.1 Å². The fourth-order valence-corrected chi connectivity index (χ4v) is 5.79. The minimum Gasteiger partial charge on any atom is -0.448 e. The number of nitrogens with two attached hydrogens (primary N) is 1. The molecular weight excluding hydrogens is 858 g/mol. The molecule has 2 aromatic carbocycles. The van der Waals surface area contributed by atoms with Crippen molar-refractivity contribution in [2.75, 3.05) is 16.0 Å². The molecule has 0 bridgehead atoms. The number of hydrogen-bond donors (Lipinski definition) is 4. The summed E-state index contributed by atoms with van der Waals surface area (Å²) in [4.78, 5) is 25.1. The van der Waals surface area contributed by atoms with Gasteiger partial charge < -0.3 is 30.5 Å². The van der Waals surface area contributed by atoms with Gasteiger partial charge in [0, 0.05) is 34.9 Å². The molecule has 6 aromatic heterocycles. The van der Waals surface area contributed by atoms with E-state index in [2.05, 4.69) is 56.1 Å². The lowest BCUT2D eigenvalue weighted by Crippen LogP contribution is -2.11. The Kier molecular flexibility index (Phi) is 14.1. The predicted molar refractivity (Wildman–Crippen MR) is 220 cm³/mol. The van der Waals surface area contributed by atoms with Gasteiger partial charge in [-0.25, -0.2) is 19.3 Å². The number of oxazole rings is 2. The van der Waals surface area contributed by atoms with Crippen molar-refractivity contribution in [2.45, 2.75) is 53.1 Å². The van der Waals surface area contributed by atoms with Crippen LogP contribution in [0.2, 0.25) is 5.15 Å². The Morgan fingerprint density at radius 1 is 0.619 bits per heavy atom. The third kappa shape index (κ3) is 12.6. The van der Waals surface area contributed by atoms with Gasteiger partial charge >= 0.3 is 12.4 Å². The van der Waals surface area contributed by atoms with E-state index in [-0.39, 0.29) is 40.8 Å². The molecule has 0 unspecified atom stereocenters. The number of alkyl halides is 6. The first-order chi connectivity index (χ1) is 29.9. The van der Waals surface area contributed by atoms with Crippen LogP contribution in [-0.4, -0.2) is 49.5 Å². The second kappa shape index (κ2) is 19.6. The van der Waals surface area contributed by atoms with Gasteiger partial charge in [-0.2, -0.15) is 56.5 Å². The predicted octanol–water partition coefficient (Wildman–Crippen LogP) is 9.47. The summed E-state index contributed by atoms with van der Waals surface area (Å²) in [5.41, 5.74) is 7.30. The second-order valence-electron chi connectivity index (χ2n) is 13.3. The first-order valence-corrected chi connectivity index (χ1v) is 18.9. The molecule has 8 aromatic rings. The summed E-state index contributed by atoms with van der Waals surface area (Å²) in [5.74, 6) is 2.52. The number of halogens is 7. The monoisotopic (exact) mass is 894 g/mol. The molecule has 63 heavy (non-hydrogen) atoms. The Morgan fingerprint density at radius 3 is 1.52 bits per heavy atom. The third-order valence-corrected chi connectivity index (χ3v) is 8.48. The van der Waals surface area contributed by atoms with Crippen LogP contribution in [0.1, 0.15) is 45.7 Å². The van der Waals surface area contributed by atoms with Gasteiger partial charge in [0.2, 0.25) is 11.8 Å². The zero-order chi connectivity index (χ0) is 45.3. The van der Waals surface area contributed by atoms with Gasteiger partial charge in [-0.05, 0) is 76.2 Å². The van der Waals surface area contributed by atoms with Crippen LogP contribution in [0.3, 0.4) is 0 Å². The average molecular weight is 895 g/mol. The minimum atomic E-state index is -4.44. The molecule has 0 aliphatic heterocycles. The molecule has 0 atom stereocenters. The Labute approximate surface area is 359 Å². The lowest BCUT2D eigenvalue weighted by molar-refractivity contribution is -0.138. The Balaban J connectivity index is 0.000000184. The molecule has 0 saturated heterocycles. The van der Waals surface area contributed by atoms with E-state index in [0.717, 1.165) is 47.0 Å². The summed E-state index contributed by atoms with van der Waals surface area (Å²) < 4.78 is 90.6. The topological polar surface area (TPSA) is 201 Å². The normalized spacial score (nSPS) is 11.3. The highest BCUT2D eigenvalue weighted by molar-refractivity contribution is 6.29. The van der Waals surface area contributed by atoms with Crippen LogP contribution >= 0.6 is 11.6 Å². The lowest BCUT2D eigenvalue weighted by atomic mass is 10.2. The SMILES string of the molecule is Cc1cc(C)n(-c2nc(Cl)cc(Nc3cccc(C(F)(F)F)c3)n2)n1.Cc1cc(C)n(-c2nc(NCc3ncco3)cc(Nc3cccc(C(F)(F)F)c3)n2)n1.NCc1ncco1. The van der Waals surface area contributed by atoms with Crippen LogP contribution in [0, 0.1) is 27.7 Å². The highest BCUT2D eigenvalue weighted by Crippen LogP contribution is 2.33. The number of benzene rings is 2. The van der Waals surface area contributed by atoms with Crippen molar-refractivity contribution in [1.29, 1.82) is 0 Å². The fourth-order valence-electron chi connectivity index (χ4n) is 5.61. The van der Waals surface area contributed by atoms with Crippen LogP contribution < -0.4 is 21.7 Å². The van der Waals surface area contributed by atoms with Crippen LogP contribution in [0.25, 0.3) is 11.9 Å². The molecule has 16 nitrogen and oxygen atoms in total. The number of anilines is 5. The number of hydrogen-bond acceptors (Lipinski definition) is 14. The van der Waals surface area contributed by atoms with E-state index in [1.807, 2.05) is 39.8 Å². The maximum absolute atomic E-state index is 13.0. The molecule has 0 fully saturated rings. The van der Waals surface area contributed by atoms with Gasteiger partial charge in [0.15, 0.2) is 0 Å². The van der Waals surface area contributed by atoms with Crippen molar-refractivity contribution in [3.8, 4) is 11.9 Å². The minimum absolute atomic E-state index is 0.145. The summed E-state index contributed by atoms with van der Waals surface area (Å²) in [6.45, 7) is 8.02. The standard InChI is InChI=1S/C20H18F3N7O.C16H13ClF3N5.C4H6N2O/c1-12-8-13(2)30(29-12)19-27-16(25-11-18-24-6-7-31-18)10-17(28-19)26-15-5-3-4-14(9-15)20(21,22)23;1-9-6-10(2)25(24-9)15-22-13(17)8-14(23-15)21-12-5-3-4-11(7-12)16(18,19)20;5-3-4-6-1-2-7-4/h3-10H,11H2,1-2H3,(H2,25,26,27,28);3-8H,1-2H3,(H,21,22,23);1-2H,3,5H2. The number of aryl methyl sites for hydroxylation is 4. The molecule has 0 aliphatic carbocycles. The van der Waals surface area contributed by atoms with Gasteiger partial charge in [-0.1, -0.05) is 23.7 Å². The lowest BCUT2D eigenvalue weighted by Gasteiger charge is -2.13. The van der Waals surface area contributed by atoms with Crippen molar-refractivity contribution in [2.24, 2.45) is 5.73 Å². The van der Waals surface area contributed by atoms with Crippen LogP contribution in [0.4, 0.5) is 55.2 Å². The molecule has 0 saturated carbocycles. The Morgan fingerprint density at radius 2 is 1.10 bits per heavy atom. The molecule has 23 heteroatoms. The summed E-state index contributed by atoms with van der Waals surface area (Å²) >= 11 is 6.02. The van der Waals surface area contributed by atoms with Crippen LogP contribution in [0.15, 0.2) is 107 Å². The molecular formula is C40H37ClF6N14O2. The van der Waals surface area contributed by atoms with Crippen molar-refractivity contribution >= 4 is 40.4 Å². The zero-order valence-corrected chi connectivity index (χ0v) is 34.4. The van der Waals surface area contributed by atoms with E-state index in [4.69, 9.17) is 26.2 Å². The summed E-state index contributed by atoms with van der Waals surface area (Å²) in [6, 6.07) is 16.4. The number of nitrogens with zero attached hydrogens (tertiary/aromatic N) is 10. The first kappa shape index (κ1) is 45.2. The molecule has 0 radical (unpaired) electrons. The summed E-state index contributed by atoms with van der Waals surface area (Å²) in [5, 5.41) is 17.6. The molecule has 328 valence electrons. The van der Waals surface area contributed by atoms with Crippen molar-refractivity contribution in [1.82, 2.24) is 49.5 Å². The van der Waals surface area contributed by atoms with E-state index in [1.54, 1.807) is 16.9 Å². The van der Waals surface area contributed by atoms with E-state index >= 15 is 0 Å². The van der Waals surface area contributed by atoms with Crippen LogP contribution in [0.5, 0.6) is 0 Å². The largest absolute Gasteiger partial charge is 0.448 e.